The van der Waals surface area contributed by atoms with Crippen LogP contribution in [0.15, 0.2) is 0 Å². The Hall–Kier alpha value is 0.154. The van der Waals surface area contributed by atoms with Crippen LogP contribution < -0.4 is 5.32 Å². The van der Waals surface area contributed by atoms with Crippen molar-refractivity contribution in [1.82, 2.24) is 5.32 Å². The summed E-state index contributed by atoms with van der Waals surface area (Å²) in [5, 5.41) is 3.38. The smallest absolute Gasteiger partial charge is 0.334 e. The van der Waals surface area contributed by atoms with Crippen LogP contribution in [0.2, 0.25) is 25.2 Å². The van der Waals surface area contributed by atoms with Crippen molar-refractivity contribution in [1.29, 1.82) is 0 Å². The molecule has 0 saturated heterocycles. The lowest BCUT2D eigenvalue weighted by molar-refractivity contribution is 0.117. The zero-order valence-corrected chi connectivity index (χ0v) is 24.7. The van der Waals surface area contributed by atoms with Gasteiger partial charge in [-0.05, 0) is 65.7 Å². The summed E-state index contributed by atoms with van der Waals surface area (Å²) in [5.41, 5.74) is 0. The summed E-state index contributed by atoms with van der Waals surface area (Å²) in [5.74, 6) is 0. The Kier molecular flexibility index (Phi) is 22.7. The van der Waals surface area contributed by atoms with Gasteiger partial charge in [-0.3, -0.25) is 0 Å². The highest BCUT2D eigenvalue weighted by Gasteiger charge is 2.30. The minimum absolute atomic E-state index is 0.745. The molecule has 0 aliphatic rings. The van der Waals surface area contributed by atoms with Gasteiger partial charge in [-0.15, -0.1) is 0 Å². The molecule has 200 valence electrons. The molecular formula is C24H55NO6Si2. The molecule has 7 nitrogen and oxygen atoms in total. The maximum absolute atomic E-state index is 5.88. The number of hydrogen-bond donors (Lipinski definition) is 1. The van der Waals surface area contributed by atoms with E-state index in [0.29, 0.717) is 0 Å². The lowest BCUT2D eigenvalue weighted by Crippen LogP contribution is -2.38. The normalized spacial score (nSPS) is 12.5. The van der Waals surface area contributed by atoms with Crippen LogP contribution in [-0.2, 0) is 27.2 Å². The molecule has 0 amide bonds. The van der Waals surface area contributed by atoms with Crippen LogP contribution in [0.25, 0.3) is 0 Å². The van der Waals surface area contributed by atoms with E-state index in [2.05, 4.69) is 18.4 Å². The van der Waals surface area contributed by atoms with Gasteiger partial charge >= 0.3 is 17.1 Å². The molecule has 0 aromatic carbocycles. The van der Waals surface area contributed by atoms with E-state index in [1.807, 2.05) is 27.7 Å². The fraction of sp³-hybridized carbons (Fsp3) is 1.00. The lowest BCUT2D eigenvalue weighted by Gasteiger charge is -2.25. The van der Waals surface area contributed by atoms with Crippen LogP contribution in [0.4, 0.5) is 0 Å². The monoisotopic (exact) mass is 509 g/mol. The number of hydrogen-bond acceptors (Lipinski definition) is 7. The summed E-state index contributed by atoms with van der Waals surface area (Å²) in [4.78, 5) is 0. The molecule has 0 spiro atoms. The molecule has 0 aliphatic heterocycles. The van der Waals surface area contributed by atoms with Gasteiger partial charge in [0.25, 0.3) is 0 Å². The highest BCUT2D eigenvalue weighted by molar-refractivity contribution is 6.66. The van der Waals surface area contributed by atoms with Crippen LogP contribution in [0.5, 0.6) is 0 Å². The lowest BCUT2D eigenvalue weighted by atomic mass is 10.3. The number of ether oxygens (including phenoxy) is 2. The molecule has 9 heteroatoms. The standard InChI is InChI=1S/C24H55NO6Si2/c1-7-28-32(5,29-8-2)23-15-11-13-19-26-21-17-25-18-22-27-20-14-12-16-24-33(6,30-9-3)31-10-4/h25H,7-24H2,1-6H3. The van der Waals surface area contributed by atoms with E-state index in [1.165, 1.54) is 12.8 Å². The molecule has 0 radical (unpaired) electrons. The van der Waals surface area contributed by atoms with Crippen LogP contribution in [0.3, 0.4) is 0 Å². The fourth-order valence-corrected chi connectivity index (χ4v) is 8.84. The summed E-state index contributed by atoms with van der Waals surface area (Å²) in [7, 11) is -3.88. The van der Waals surface area contributed by atoms with Gasteiger partial charge < -0.3 is 32.5 Å². The largest absolute Gasteiger partial charge is 0.395 e. The molecule has 0 unspecified atom stereocenters. The van der Waals surface area contributed by atoms with E-state index in [1.54, 1.807) is 0 Å². The predicted octanol–water partition coefficient (Wildman–Crippen LogP) is 5.24. The third kappa shape index (κ3) is 20.1. The van der Waals surface area contributed by atoms with E-state index < -0.39 is 17.1 Å². The van der Waals surface area contributed by atoms with E-state index in [4.69, 9.17) is 27.2 Å². The van der Waals surface area contributed by atoms with E-state index >= 15 is 0 Å². The Bertz CT molecular complexity index is 372. The molecule has 0 aromatic heterocycles. The Morgan fingerprint density at radius 3 is 1.18 bits per heavy atom. The molecule has 0 bridgehead atoms. The maximum Gasteiger partial charge on any atom is 0.334 e. The molecule has 0 rings (SSSR count). The summed E-state index contributed by atoms with van der Waals surface area (Å²) in [6.07, 6.45) is 6.85. The van der Waals surface area contributed by atoms with Crippen molar-refractivity contribution >= 4 is 17.1 Å². The van der Waals surface area contributed by atoms with Crippen molar-refractivity contribution < 1.29 is 27.2 Å². The maximum atomic E-state index is 5.88. The third-order valence-corrected chi connectivity index (χ3v) is 11.6. The molecular weight excluding hydrogens is 454 g/mol. The van der Waals surface area contributed by atoms with Gasteiger partial charge in [-0.2, -0.15) is 0 Å². The minimum atomic E-state index is -1.94. The van der Waals surface area contributed by atoms with Gasteiger partial charge in [0.05, 0.1) is 13.2 Å². The second-order valence-corrected chi connectivity index (χ2v) is 15.3. The van der Waals surface area contributed by atoms with Gasteiger partial charge in [0.1, 0.15) is 0 Å². The van der Waals surface area contributed by atoms with Gasteiger partial charge in [0.2, 0.25) is 0 Å². The first-order chi connectivity index (χ1) is 15.9. The summed E-state index contributed by atoms with van der Waals surface area (Å²) in [6.45, 7) is 20.4. The van der Waals surface area contributed by atoms with Crippen molar-refractivity contribution in [3.63, 3.8) is 0 Å². The molecule has 33 heavy (non-hydrogen) atoms. The molecule has 0 fully saturated rings. The number of nitrogens with one attached hydrogen (secondary N) is 1. The average Bonchev–Trinajstić information content (AvgIpc) is 2.76. The quantitative estimate of drug-likeness (QED) is 0.126. The first kappa shape index (κ1) is 33.2. The first-order valence-corrected chi connectivity index (χ1v) is 18.4. The first-order valence-electron chi connectivity index (χ1n) is 13.4. The average molecular weight is 510 g/mol. The topological polar surface area (TPSA) is 67.4 Å². The Balaban J connectivity index is 3.40. The second-order valence-electron chi connectivity index (χ2n) is 8.60. The molecule has 0 aliphatic carbocycles. The molecule has 0 heterocycles. The summed E-state index contributed by atoms with van der Waals surface area (Å²) in [6, 6.07) is 2.13. The zero-order chi connectivity index (χ0) is 24.7. The highest BCUT2D eigenvalue weighted by atomic mass is 28.4. The minimum Gasteiger partial charge on any atom is -0.395 e. The number of rotatable bonds is 26. The summed E-state index contributed by atoms with van der Waals surface area (Å²) < 4.78 is 35.0. The third-order valence-electron chi connectivity index (χ3n) is 5.48. The van der Waals surface area contributed by atoms with Gasteiger partial charge in [0, 0.05) is 52.7 Å². The SMILES string of the molecule is CCO[Si](C)(CCCCCOCCNCCOCCCCC[Si](C)(OCC)OCC)OCC. The highest BCUT2D eigenvalue weighted by Crippen LogP contribution is 2.18. The Morgan fingerprint density at radius 2 is 0.848 bits per heavy atom. The molecule has 0 saturated carbocycles. The molecule has 1 N–H and O–H groups in total. The second kappa shape index (κ2) is 22.6. The van der Waals surface area contributed by atoms with Gasteiger partial charge in [-0.1, -0.05) is 25.7 Å². The van der Waals surface area contributed by atoms with Crippen LogP contribution in [0.1, 0.15) is 66.2 Å². The predicted molar refractivity (Wildman–Crippen MR) is 142 cm³/mol. The van der Waals surface area contributed by atoms with E-state index in [9.17, 15) is 0 Å². The van der Waals surface area contributed by atoms with Crippen LogP contribution >= 0.6 is 0 Å². The number of unbranched alkanes of at least 4 members (excludes halogenated alkanes) is 4. The Morgan fingerprint density at radius 1 is 0.485 bits per heavy atom. The molecule has 0 aromatic rings. The van der Waals surface area contributed by atoms with Crippen molar-refractivity contribution in [3.05, 3.63) is 0 Å². The van der Waals surface area contributed by atoms with Crippen LogP contribution in [0, 0.1) is 0 Å². The van der Waals surface area contributed by atoms with Crippen molar-refractivity contribution in [2.75, 3.05) is 65.9 Å². The fourth-order valence-electron chi connectivity index (χ4n) is 3.87. The Labute approximate surface area is 207 Å². The van der Waals surface area contributed by atoms with E-state index in [-0.39, 0.29) is 0 Å². The van der Waals surface area contributed by atoms with Crippen molar-refractivity contribution in [3.8, 4) is 0 Å². The van der Waals surface area contributed by atoms with Gasteiger partial charge in [-0.25, -0.2) is 0 Å². The van der Waals surface area contributed by atoms with Crippen molar-refractivity contribution in [2.45, 2.75) is 91.4 Å². The molecule has 0 atom stereocenters. The van der Waals surface area contributed by atoms with Crippen LogP contribution in [-0.4, -0.2) is 83.1 Å². The van der Waals surface area contributed by atoms with Crippen molar-refractivity contribution in [2.24, 2.45) is 0 Å². The van der Waals surface area contributed by atoms with Gasteiger partial charge in [0.15, 0.2) is 0 Å². The zero-order valence-electron chi connectivity index (χ0n) is 22.7. The summed E-state index contributed by atoms with van der Waals surface area (Å²) >= 11 is 0. The van der Waals surface area contributed by atoms with E-state index in [0.717, 1.165) is 104 Å².